The van der Waals surface area contributed by atoms with Crippen molar-refractivity contribution in [1.82, 2.24) is 9.78 Å². The van der Waals surface area contributed by atoms with E-state index in [1.807, 2.05) is 0 Å². The third-order valence-electron chi connectivity index (χ3n) is 4.84. The molecule has 0 atom stereocenters. The molecule has 24 heavy (non-hydrogen) atoms. The topological polar surface area (TPSA) is 29.9 Å². The molecule has 2 aromatic carbocycles. The largest absolute Gasteiger partial charge is 0.369 e. The van der Waals surface area contributed by atoms with Crippen molar-refractivity contribution in [2.24, 2.45) is 0 Å². The van der Waals surface area contributed by atoms with Gasteiger partial charge >= 0.3 is 0 Å². The van der Waals surface area contributed by atoms with Crippen LogP contribution in [-0.4, -0.2) is 16.3 Å². The molecule has 0 bridgehead atoms. The second-order valence-electron chi connectivity index (χ2n) is 6.79. The summed E-state index contributed by atoms with van der Waals surface area (Å²) in [6, 6.07) is 17.1. The summed E-state index contributed by atoms with van der Waals surface area (Å²) in [4.78, 5) is 0. The van der Waals surface area contributed by atoms with E-state index in [1.54, 1.807) is 0 Å². The zero-order valence-electron chi connectivity index (χ0n) is 14.5. The Morgan fingerprint density at radius 3 is 2.58 bits per heavy atom. The van der Waals surface area contributed by atoms with Gasteiger partial charge in [-0.3, -0.25) is 0 Å². The molecule has 2 heterocycles. The molecule has 0 saturated heterocycles. The first kappa shape index (κ1) is 15.0. The number of hydrogen-bond donors (Lipinski definition) is 1. The third kappa shape index (κ3) is 2.32. The van der Waals surface area contributed by atoms with E-state index in [0.717, 1.165) is 24.5 Å². The van der Waals surface area contributed by atoms with Gasteiger partial charge in [-0.2, -0.15) is 5.10 Å². The fourth-order valence-corrected chi connectivity index (χ4v) is 3.57. The Kier molecular flexibility index (Phi) is 3.64. The van der Waals surface area contributed by atoms with E-state index in [1.165, 1.54) is 27.9 Å². The van der Waals surface area contributed by atoms with Crippen LogP contribution in [0.2, 0.25) is 0 Å². The van der Waals surface area contributed by atoms with Crippen molar-refractivity contribution in [1.29, 1.82) is 0 Å². The molecular formula is C21H23N3. The number of nitrogens with one attached hydrogen (secondary N) is 1. The smallest absolute Gasteiger partial charge is 0.133 e. The molecule has 1 aliphatic rings. The van der Waals surface area contributed by atoms with Crippen LogP contribution >= 0.6 is 0 Å². The van der Waals surface area contributed by atoms with Gasteiger partial charge in [-0.1, -0.05) is 56.3 Å². The van der Waals surface area contributed by atoms with Gasteiger partial charge in [0.15, 0.2) is 0 Å². The van der Waals surface area contributed by atoms with Crippen molar-refractivity contribution in [3.63, 3.8) is 0 Å². The first-order valence-corrected chi connectivity index (χ1v) is 8.68. The predicted octanol–water partition coefficient (Wildman–Crippen LogP) is 4.94. The van der Waals surface area contributed by atoms with E-state index in [4.69, 9.17) is 5.10 Å². The lowest BCUT2D eigenvalue weighted by Gasteiger charge is -2.14. The number of fused-ring (bicyclic) bond motifs is 1. The van der Waals surface area contributed by atoms with Crippen LogP contribution in [0.3, 0.4) is 0 Å². The molecule has 0 saturated carbocycles. The van der Waals surface area contributed by atoms with Crippen LogP contribution < -0.4 is 5.32 Å². The van der Waals surface area contributed by atoms with Gasteiger partial charge < -0.3 is 5.32 Å². The van der Waals surface area contributed by atoms with Crippen molar-refractivity contribution in [2.75, 3.05) is 11.9 Å². The summed E-state index contributed by atoms with van der Waals surface area (Å²) in [6.07, 6.45) is 1.03. The number of anilines is 1. The van der Waals surface area contributed by atoms with E-state index in [9.17, 15) is 0 Å². The number of aryl methyl sites for hydroxylation is 1. The molecular weight excluding hydrogens is 294 g/mol. The molecule has 0 spiro atoms. The van der Waals surface area contributed by atoms with Crippen LogP contribution in [0.4, 0.5) is 5.82 Å². The summed E-state index contributed by atoms with van der Waals surface area (Å²) in [6.45, 7) is 7.61. The molecule has 1 aliphatic heterocycles. The Hall–Kier alpha value is -2.55. The van der Waals surface area contributed by atoms with Gasteiger partial charge in [0.1, 0.15) is 5.82 Å². The number of rotatable bonds is 3. The number of hydrogen-bond acceptors (Lipinski definition) is 2. The van der Waals surface area contributed by atoms with Crippen LogP contribution in [0.15, 0.2) is 48.5 Å². The molecule has 1 N–H and O–H groups in total. The minimum atomic E-state index is 0.462. The minimum Gasteiger partial charge on any atom is -0.369 e. The average Bonchev–Trinajstić information content (AvgIpc) is 3.18. The zero-order valence-corrected chi connectivity index (χ0v) is 14.5. The monoisotopic (exact) mass is 317 g/mol. The van der Waals surface area contributed by atoms with Crippen molar-refractivity contribution in [2.45, 2.75) is 33.1 Å². The van der Waals surface area contributed by atoms with Crippen molar-refractivity contribution < 1.29 is 0 Å². The lowest BCUT2D eigenvalue weighted by molar-refractivity contribution is 0.811. The summed E-state index contributed by atoms with van der Waals surface area (Å²) in [7, 11) is 0. The fraction of sp³-hybridized carbons (Fsp3) is 0.286. The zero-order chi connectivity index (χ0) is 16.7. The first-order chi connectivity index (χ1) is 11.7. The Balaban J connectivity index is 1.94. The van der Waals surface area contributed by atoms with E-state index >= 15 is 0 Å². The summed E-state index contributed by atoms with van der Waals surface area (Å²) in [5, 5.41) is 8.57. The van der Waals surface area contributed by atoms with Crippen LogP contribution in [-0.2, 0) is 6.42 Å². The third-order valence-corrected chi connectivity index (χ3v) is 4.84. The Bertz CT molecular complexity index is 890. The number of para-hydroxylation sites is 1. The van der Waals surface area contributed by atoms with Gasteiger partial charge in [0.05, 0.1) is 11.4 Å². The lowest BCUT2D eigenvalue weighted by atomic mass is 10.0. The van der Waals surface area contributed by atoms with E-state index in [2.05, 4.69) is 79.3 Å². The van der Waals surface area contributed by atoms with Gasteiger partial charge in [-0.05, 0) is 36.5 Å². The highest BCUT2D eigenvalue weighted by Crippen LogP contribution is 2.37. The molecule has 0 radical (unpaired) electrons. The predicted molar refractivity (Wildman–Crippen MR) is 100 cm³/mol. The van der Waals surface area contributed by atoms with Crippen LogP contribution in [0.1, 0.15) is 36.5 Å². The molecule has 0 aliphatic carbocycles. The summed E-state index contributed by atoms with van der Waals surface area (Å²) in [5.74, 6) is 1.62. The van der Waals surface area contributed by atoms with Crippen molar-refractivity contribution in [3.8, 4) is 16.9 Å². The molecule has 3 nitrogen and oxygen atoms in total. The Labute approximate surface area is 143 Å². The highest BCUT2D eigenvalue weighted by atomic mass is 15.3. The second kappa shape index (κ2) is 5.82. The molecule has 4 rings (SSSR count). The molecule has 122 valence electrons. The minimum absolute atomic E-state index is 0.462. The highest BCUT2D eigenvalue weighted by molar-refractivity contribution is 5.75. The van der Waals surface area contributed by atoms with Crippen LogP contribution in [0.5, 0.6) is 0 Å². The molecule has 0 fully saturated rings. The lowest BCUT2D eigenvalue weighted by Crippen LogP contribution is -2.07. The van der Waals surface area contributed by atoms with Crippen molar-refractivity contribution in [3.05, 3.63) is 65.2 Å². The molecule has 0 amide bonds. The molecule has 1 aromatic heterocycles. The van der Waals surface area contributed by atoms with Gasteiger partial charge in [0.2, 0.25) is 0 Å². The van der Waals surface area contributed by atoms with Gasteiger partial charge in [0.25, 0.3) is 0 Å². The van der Waals surface area contributed by atoms with Gasteiger partial charge in [-0.25, -0.2) is 4.68 Å². The Morgan fingerprint density at radius 2 is 1.79 bits per heavy atom. The summed E-state index contributed by atoms with van der Waals surface area (Å²) < 4.78 is 2.11. The number of benzene rings is 2. The van der Waals surface area contributed by atoms with Crippen molar-refractivity contribution >= 4 is 5.82 Å². The Morgan fingerprint density at radius 1 is 1.04 bits per heavy atom. The molecule has 0 unspecified atom stereocenters. The maximum Gasteiger partial charge on any atom is 0.133 e. The van der Waals surface area contributed by atoms with E-state index < -0.39 is 0 Å². The summed E-state index contributed by atoms with van der Waals surface area (Å²) >= 11 is 0. The standard InChI is InChI=1S/C21H23N3/c1-14(2)16-9-6-7-11-19(16)24-21-18(12-13-22-21)20(23-24)17-10-5-4-8-15(17)3/h4-11,14,22H,12-13H2,1-3H3. The number of nitrogens with zero attached hydrogens (tertiary/aromatic N) is 2. The average molecular weight is 317 g/mol. The highest BCUT2D eigenvalue weighted by Gasteiger charge is 2.25. The second-order valence-corrected chi connectivity index (χ2v) is 6.79. The normalized spacial score (nSPS) is 13.2. The van der Waals surface area contributed by atoms with Crippen LogP contribution in [0, 0.1) is 6.92 Å². The first-order valence-electron chi connectivity index (χ1n) is 8.68. The SMILES string of the molecule is Cc1ccccc1-c1nn(-c2ccccc2C(C)C)c2c1CCN2. The number of aromatic nitrogens is 2. The quantitative estimate of drug-likeness (QED) is 0.741. The van der Waals surface area contributed by atoms with E-state index in [0.29, 0.717) is 5.92 Å². The van der Waals surface area contributed by atoms with E-state index in [-0.39, 0.29) is 0 Å². The fourth-order valence-electron chi connectivity index (χ4n) is 3.57. The summed E-state index contributed by atoms with van der Waals surface area (Å²) in [5.41, 5.74) is 7.47. The maximum atomic E-state index is 5.03. The van der Waals surface area contributed by atoms with Gasteiger partial charge in [-0.15, -0.1) is 0 Å². The molecule has 3 aromatic rings. The molecule has 3 heteroatoms. The van der Waals surface area contributed by atoms with Gasteiger partial charge in [0, 0.05) is 17.7 Å². The maximum absolute atomic E-state index is 5.03. The van der Waals surface area contributed by atoms with Crippen LogP contribution in [0.25, 0.3) is 16.9 Å².